The molecule has 5 heteroatoms. The van der Waals surface area contributed by atoms with Crippen LogP contribution in [-0.2, 0) is 11.3 Å². The molecule has 102 valence electrons. The monoisotopic (exact) mass is 260 g/mol. The maximum atomic E-state index is 5.07. The summed E-state index contributed by atoms with van der Waals surface area (Å²) in [5, 5.41) is 3.42. The molecular formula is C14H20N4O. The highest BCUT2D eigenvalue weighted by atomic mass is 16.5. The van der Waals surface area contributed by atoms with Crippen LogP contribution in [0.2, 0.25) is 0 Å². The van der Waals surface area contributed by atoms with Crippen LogP contribution >= 0.6 is 0 Å². The van der Waals surface area contributed by atoms with Gasteiger partial charge in [-0.25, -0.2) is 4.98 Å². The minimum Gasteiger partial charge on any atom is -0.385 e. The molecule has 0 aliphatic rings. The zero-order chi connectivity index (χ0) is 13.5. The third-order valence-electron chi connectivity index (χ3n) is 3.01. The van der Waals surface area contributed by atoms with Gasteiger partial charge in [-0.3, -0.25) is 4.98 Å². The lowest BCUT2D eigenvalue weighted by Crippen LogP contribution is -2.12. The van der Waals surface area contributed by atoms with Crippen molar-refractivity contribution in [3.05, 3.63) is 42.5 Å². The van der Waals surface area contributed by atoms with Gasteiger partial charge in [-0.1, -0.05) is 0 Å². The summed E-state index contributed by atoms with van der Waals surface area (Å²) in [6.07, 6.45) is 8.38. The van der Waals surface area contributed by atoms with E-state index < -0.39 is 0 Å². The molecule has 2 aromatic heterocycles. The fourth-order valence-electron chi connectivity index (χ4n) is 1.94. The summed E-state index contributed by atoms with van der Waals surface area (Å²) in [7, 11) is 1.72. The van der Waals surface area contributed by atoms with Gasteiger partial charge in [0.25, 0.3) is 0 Å². The highest BCUT2D eigenvalue weighted by molar-refractivity contribution is 5.31. The molecular weight excluding hydrogens is 240 g/mol. The van der Waals surface area contributed by atoms with Gasteiger partial charge in [-0.2, -0.15) is 0 Å². The van der Waals surface area contributed by atoms with Gasteiger partial charge < -0.3 is 14.6 Å². The lowest BCUT2D eigenvalue weighted by molar-refractivity contribution is 0.190. The Labute approximate surface area is 113 Å². The van der Waals surface area contributed by atoms with Crippen molar-refractivity contribution >= 4 is 5.95 Å². The van der Waals surface area contributed by atoms with Gasteiger partial charge >= 0.3 is 0 Å². The largest absolute Gasteiger partial charge is 0.385 e. The Morgan fingerprint density at radius 3 is 2.84 bits per heavy atom. The molecule has 2 aromatic rings. The Morgan fingerprint density at radius 1 is 1.32 bits per heavy atom. The van der Waals surface area contributed by atoms with Gasteiger partial charge in [0.15, 0.2) is 0 Å². The SMILES string of the molecule is COCCCn1ccnc1NC(C)c1ccncc1. The summed E-state index contributed by atoms with van der Waals surface area (Å²) in [5.74, 6) is 0.889. The number of aryl methyl sites for hydroxylation is 1. The molecule has 0 aliphatic carbocycles. The van der Waals surface area contributed by atoms with Crippen LogP contribution in [0.15, 0.2) is 36.9 Å². The van der Waals surface area contributed by atoms with Gasteiger partial charge in [-0.15, -0.1) is 0 Å². The fourth-order valence-corrected chi connectivity index (χ4v) is 1.94. The summed E-state index contributed by atoms with van der Waals surface area (Å²) in [6.45, 7) is 3.78. The molecule has 1 N–H and O–H groups in total. The number of ether oxygens (including phenoxy) is 1. The van der Waals surface area contributed by atoms with E-state index in [4.69, 9.17) is 4.74 Å². The molecule has 2 heterocycles. The number of hydrogen-bond donors (Lipinski definition) is 1. The summed E-state index contributed by atoms with van der Waals surface area (Å²) < 4.78 is 7.18. The second kappa shape index (κ2) is 6.89. The molecule has 0 spiro atoms. The first kappa shape index (κ1) is 13.5. The van der Waals surface area contributed by atoms with E-state index in [0.29, 0.717) is 0 Å². The van der Waals surface area contributed by atoms with Crippen LogP contribution in [0.5, 0.6) is 0 Å². The molecule has 1 unspecified atom stereocenters. The summed E-state index contributed by atoms with van der Waals surface area (Å²) >= 11 is 0. The third-order valence-corrected chi connectivity index (χ3v) is 3.01. The summed E-state index contributed by atoms with van der Waals surface area (Å²) in [6, 6.07) is 4.22. The maximum absolute atomic E-state index is 5.07. The zero-order valence-corrected chi connectivity index (χ0v) is 11.4. The van der Waals surface area contributed by atoms with Crippen LogP contribution < -0.4 is 5.32 Å². The second-order valence-corrected chi connectivity index (χ2v) is 4.44. The van der Waals surface area contributed by atoms with E-state index >= 15 is 0 Å². The third kappa shape index (κ3) is 3.79. The van der Waals surface area contributed by atoms with Crippen LogP contribution in [0, 0.1) is 0 Å². The van der Waals surface area contributed by atoms with E-state index in [1.165, 1.54) is 5.56 Å². The molecule has 0 amide bonds. The van der Waals surface area contributed by atoms with E-state index in [-0.39, 0.29) is 6.04 Å². The Balaban J connectivity index is 1.97. The molecule has 1 atom stereocenters. The number of aromatic nitrogens is 3. The maximum Gasteiger partial charge on any atom is 0.203 e. The second-order valence-electron chi connectivity index (χ2n) is 4.44. The van der Waals surface area contributed by atoms with Crippen molar-refractivity contribution in [3.8, 4) is 0 Å². The van der Waals surface area contributed by atoms with Crippen molar-refractivity contribution in [2.75, 3.05) is 19.0 Å². The van der Waals surface area contributed by atoms with Crippen molar-refractivity contribution in [3.63, 3.8) is 0 Å². The first-order chi connectivity index (χ1) is 9.31. The van der Waals surface area contributed by atoms with Crippen LogP contribution in [0.1, 0.15) is 24.9 Å². The summed E-state index contributed by atoms with van der Waals surface area (Å²) in [5.41, 5.74) is 1.20. The standard InChI is InChI=1S/C14H20N4O/c1-12(13-4-6-15-7-5-13)17-14-16-8-10-18(14)9-3-11-19-2/h4-8,10,12H,3,9,11H2,1-2H3,(H,16,17). The average Bonchev–Trinajstić information content (AvgIpc) is 2.87. The number of hydrogen-bond acceptors (Lipinski definition) is 4. The number of nitrogens with one attached hydrogen (secondary N) is 1. The smallest absolute Gasteiger partial charge is 0.203 e. The molecule has 0 radical (unpaired) electrons. The van der Waals surface area contributed by atoms with Crippen molar-refractivity contribution in [2.24, 2.45) is 0 Å². The molecule has 5 nitrogen and oxygen atoms in total. The molecule has 0 fully saturated rings. The fraction of sp³-hybridized carbons (Fsp3) is 0.429. The molecule has 19 heavy (non-hydrogen) atoms. The van der Waals surface area contributed by atoms with Crippen LogP contribution in [-0.4, -0.2) is 28.3 Å². The van der Waals surface area contributed by atoms with E-state index in [0.717, 1.165) is 25.5 Å². The topological polar surface area (TPSA) is 52.0 Å². The van der Waals surface area contributed by atoms with Gasteiger partial charge in [0.2, 0.25) is 5.95 Å². The van der Waals surface area contributed by atoms with E-state index in [2.05, 4.69) is 26.8 Å². The molecule has 0 bridgehead atoms. The van der Waals surface area contributed by atoms with Crippen molar-refractivity contribution in [2.45, 2.75) is 25.9 Å². The minimum atomic E-state index is 0.201. The number of rotatable bonds is 7. The lowest BCUT2D eigenvalue weighted by Gasteiger charge is -2.16. The first-order valence-electron chi connectivity index (χ1n) is 6.48. The molecule has 0 saturated carbocycles. The molecule has 0 saturated heterocycles. The predicted molar refractivity (Wildman–Crippen MR) is 75.0 cm³/mol. The van der Waals surface area contributed by atoms with Crippen LogP contribution in [0.25, 0.3) is 0 Å². The van der Waals surface area contributed by atoms with E-state index in [1.54, 1.807) is 19.5 Å². The minimum absolute atomic E-state index is 0.201. The van der Waals surface area contributed by atoms with Gasteiger partial charge in [0.05, 0.1) is 6.04 Å². The van der Waals surface area contributed by atoms with Gasteiger partial charge in [0.1, 0.15) is 0 Å². The zero-order valence-electron chi connectivity index (χ0n) is 11.4. The summed E-state index contributed by atoms with van der Waals surface area (Å²) in [4.78, 5) is 8.39. The van der Waals surface area contributed by atoms with Crippen LogP contribution in [0.4, 0.5) is 5.95 Å². The van der Waals surface area contributed by atoms with E-state index in [1.807, 2.05) is 24.5 Å². The molecule has 2 rings (SSSR count). The molecule has 0 aliphatic heterocycles. The van der Waals surface area contributed by atoms with Crippen molar-refractivity contribution < 1.29 is 4.74 Å². The number of pyridine rings is 1. The highest BCUT2D eigenvalue weighted by Crippen LogP contribution is 2.17. The Hall–Kier alpha value is -1.88. The average molecular weight is 260 g/mol. The van der Waals surface area contributed by atoms with Crippen molar-refractivity contribution in [1.29, 1.82) is 0 Å². The lowest BCUT2D eigenvalue weighted by atomic mass is 10.1. The Kier molecular flexibility index (Phi) is 4.92. The molecule has 0 aromatic carbocycles. The van der Waals surface area contributed by atoms with E-state index in [9.17, 15) is 0 Å². The Bertz CT molecular complexity index is 483. The van der Waals surface area contributed by atoms with Crippen LogP contribution in [0.3, 0.4) is 0 Å². The number of methoxy groups -OCH3 is 1. The highest BCUT2D eigenvalue weighted by Gasteiger charge is 2.08. The Morgan fingerprint density at radius 2 is 2.11 bits per heavy atom. The predicted octanol–water partition coefficient (Wildman–Crippen LogP) is 2.49. The number of anilines is 1. The number of imidazole rings is 1. The normalized spacial score (nSPS) is 12.3. The first-order valence-corrected chi connectivity index (χ1v) is 6.48. The van der Waals surface area contributed by atoms with Crippen molar-refractivity contribution in [1.82, 2.24) is 14.5 Å². The van der Waals surface area contributed by atoms with Gasteiger partial charge in [0, 0.05) is 45.0 Å². The number of nitrogens with zero attached hydrogens (tertiary/aromatic N) is 3. The quantitative estimate of drug-likeness (QED) is 0.777. The van der Waals surface area contributed by atoms with Gasteiger partial charge in [-0.05, 0) is 31.0 Å².